The number of benzene rings is 5. The molecular weight excluding hydrogens is 1100 g/mol. The molecule has 0 bridgehead atoms. The van der Waals surface area contributed by atoms with Crippen molar-refractivity contribution < 1.29 is 92.7 Å². The minimum Gasteiger partial charge on any atom is -0.302 e. The van der Waals surface area contributed by atoms with Crippen molar-refractivity contribution in [2.75, 3.05) is 13.1 Å². The lowest BCUT2D eigenvalue weighted by Crippen LogP contribution is -3.07. The van der Waals surface area contributed by atoms with Crippen LogP contribution in [0, 0.1) is 116 Å². The van der Waals surface area contributed by atoms with Crippen molar-refractivity contribution in [3.8, 4) is 0 Å². The molecule has 1 nitrogen and oxygen atoms in total. The van der Waals surface area contributed by atoms with Gasteiger partial charge in [-0.2, -0.15) is 0 Å². The predicted molar refractivity (Wildman–Crippen MR) is 268 cm³/mol. The van der Waals surface area contributed by atoms with Crippen LogP contribution >= 0.6 is 0 Å². The smallest absolute Gasteiger partial charge is 0.200 e. The van der Waals surface area contributed by atoms with Crippen molar-refractivity contribution in [3.63, 3.8) is 0 Å². The third-order valence-corrected chi connectivity index (χ3v) is 14.6. The van der Waals surface area contributed by atoms with Gasteiger partial charge in [-0.1, -0.05) is 142 Å². The van der Waals surface area contributed by atoms with E-state index >= 15 is 35.1 Å². The van der Waals surface area contributed by atoms with Gasteiger partial charge in [0, 0.05) is 0 Å². The second-order valence-corrected chi connectivity index (χ2v) is 20.1. The fourth-order valence-electron chi connectivity index (χ4n) is 10.2. The van der Waals surface area contributed by atoms with Crippen molar-refractivity contribution in [2.24, 2.45) is 0 Å². The van der Waals surface area contributed by atoms with Crippen LogP contribution < -0.4 is 26.8 Å². The van der Waals surface area contributed by atoms with Crippen molar-refractivity contribution in [2.45, 2.75) is 168 Å². The van der Waals surface area contributed by atoms with Gasteiger partial charge in [-0.25, -0.2) is 87.8 Å². The highest BCUT2D eigenvalue weighted by Crippen LogP contribution is 2.31. The molecule has 80 heavy (non-hydrogen) atoms. The topological polar surface area (TPSA) is 4.44 Å². The van der Waals surface area contributed by atoms with Crippen molar-refractivity contribution >= 4 is 33.7 Å². The molecule has 0 unspecified atom stereocenters. The molecule has 0 aliphatic carbocycles. The van der Waals surface area contributed by atoms with Crippen LogP contribution in [0.5, 0.6) is 0 Å². The molecule has 5 aromatic rings. The van der Waals surface area contributed by atoms with E-state index in [1.807, 2.05) is 0 Å². The molecular formula is C58H64BF20N. The second kappa shape index (κ2) is 31.8. The maximum Gasteiger partial charge on any atom is 0.200 e. The Labute approximate surface area is 453 Å². The first-order valence-corrected chi connectivity index (χ1v) is 27.2. The number of unbranched alkanes of at least 4 members (excludes halogenated alkanes) is 19. The summed E-state index contributed by atoms with van der Waals surface area (Å²) in [4.78, 5) is 1.74. The maximum absolute atomic E-state index is 15.4. The lowest BCUT2D eigenvalue weighted by atomic mass is 9.12. The van der Waals surface area contributed by atoms with Gasteiger partial charge in [0.25, 0.3) is 0 Å². The van der Waals surface area contributed by atoms with Crippen LogP contribution in [0.4, 0.5) is 93.5 Å². The summed E-state index contributed by atoms with van der Waals surface area (Å²) in [6.45, 7) is 9.55. The first-order chi connectivity index (χ1) is 38.0. The van der Waals surface area contributed by atoms with Gasteiger partial charge in [0.05, 0.1) is 13.1 Å². The fraction of sp³-hybridized carbons (Fsp3) is 0.483. The fourth-order valence-corrected chi connectivity index (χ4v) is 10.2. The van der Waals surface area contributed by atoms with Crippen molar-refractivity contribution in [1.29, 1.82) is 0 Å². The van der Waals surface area contributed by atoms with Crippen LogP contribution in [0.3, 0.4) is 0 Å². The van der Waals surface area contributed by atoms with Gasteiger partial charge < -0.3 is 4.90 Å². The minimum atomic E-state index is -7.22. The SMILES string of the molecule is CCCCCCCCCCCC[NH+](CCCCCCCCCCCC)c1ccc(CCCC)cc1.Fc1c(F)c(F)c([B-](c2c(F)c(F)c(F)c(F)c2F)(c2c(F)c(F)c(F)c(F)c2F)c2c(F)c(F)c(F)c(F)c2F)c(F)c1F. The summed E-state index contributed by atoms with van der Waals surface area (Å²) in [7, 11) is 0. The van der Waals surface area contributed by atoms with E-state index in [4.69, 9.17) is 0 Å². The molecule has 5 aromatic carbocycles. The van der Waals surface area contributed by atoms with E-state index in [2.05, 4.69) is 45.0 Å². The van der Waals surface area contributed by atoms with E-state index in [0.717, 1.165) is 0 Å². The lowest BCUT2D eigenvalue weighted by Gasteiger charge is -2.44. The molecule has 0 heterocycles. The summed E-state index contributed by atoms with van der Waals surface area (Å²) in [5.41, 5.74) is -11.3. The first kappa shape index (κ1) is 67.2. The van der Waals surface area contributed by atoms with Crippen LogP contribution in [0.2, 0.25) is 0 Å². The lowest BCUT2D eigenvalue weighted by molar-refractivity contribution is -0.833. The zero-order chi connectivity index (χ0) is 59.6. The van der Waals surface area contributed by atoms with E-state index in [9.17, 15) is 52.7 Å². The molecule has 0 radical (unpaired) electrons. The second-order valence-electron chi connectivity index (χ2n) is 20.1. The number of hydrogen-bond acceptors (Lipinski definition) is 0. The number of aryl methyl sites for hydroxylation is 1. The molecule has 0 aliphatic heterocycles. The van der Waals surface area contributed by atoms with Gasteiger partial charge in [-0.15, -0.1) is 21.9 Å². The quantitative estimate of drug-likeness (QED) is 0.0154. The summed E-state index contributed by atoms with van der Waals surface area (Å²) in [6, 6.07) is 9.68. The standard InChI is InChI=1S/C34H63N.C24BF20/c1-4-7-10-12-14-16-18-20-22-24-31-35(34-29-27-33(28-30-34)26-9-6-3)32-25-23-21-19-17-15-13-11-8-5-2;26-5-1(6(27)14(35)21(42)13(5)34)25(2-7(28)15(36)22(43)16(37)8(2)29,3-9(30)17(38)23(44)18(39)10(3)31)4-11(32)19(40)24(45)20(41)12(4)33/h27-30H,4-26,31-32H2,1-3H3;/q;-1/p+1. The summed E-state index contributed by atoms with van der Waals surface area (Å²) in [5, 5.41) is 0. The molecule has 1 N–H and O–H groups in total. The number of quaternary nitrogens is 1. The van der Waals surface area contributed by atoms with E-state index in [1.165, 1.54) is 172 Å². The van der Waals surface area contributed by atoms with Crippen LogP contribution in [0.25, 0.3) is 0 Å². The molecule has 22 heteroatoms. The predicted octanol–water partition coefficient (Wildman–Crippen LogP) is 16.2. The van der Waals surface area contributed by atoms with Crippen molar-refractivity contribution in [3.05, 3.63) is 146 Å². The van der Waals surface area contributed by atoms with E-state index in [1.54, 1.807) is 4.90 Å². The summed E-state index contributed by atoms with van der Waals surface area (Å²) < 4.78 is 294. The molecule has 0 saturated carbocycles. The highest BCUT2D eigenvalue weighted by Gasteiger charge is 2.52. The Morgan fingerprint density at radius 2 is 0.450 bits per heavy atom. The summed E-state index contributed by atoms with van der Waals surface area (Å²) >= 11 is 0. The molecule has 444 valence electrons. The Balaban J connectivity index is 0.000000357. The largest absolute Gasteiger partial charge is 0.302 e. The minimum absolute atomic E-state index is 1.24. The zero-order valence-corrected chi connectivity index (χ0v) is 44.6. The van der Waals surface area contributed by atoms with Crippen LogP contribution in [-0.2, 0) is 6.42 Å². The van der Waals surface area contributed by atoms with Gasteiger partial charge in [-0.05, 0) is 56.2 Å². The first-order valence-electron chi connectivity index (χ1n) is 27.2. The van der Waals surface area contributed by atoms with E-state index < -0.39 is 144 Å². The molecule has 0 saturated heterocycles. The van der Waals surface area contributed by atoms with E-state index in [0.29, 0.717) is 0 Å². The highest BCUT2D eigenvalue weighted by atomic mass is 19.2. The van der Waals surface area contributed by atoms with Crippen LogP contribution in [0.1, 0.15) is 168 Å². The molecule has 0 fully saturated rings. The number of nitrogens with one attached hydrogen (secondary N) is 1. The normalized spacial score (nSPS) is 11.8. The Kier molecular flexibility index (Phi) is 26.7. The molecule has 5 rings (SSSR count). The average molecular weight is 1170 g/mol. The monoisotopic (exact) mass is 1170 g/mol. The Morgan fingerprint density at radius 1 is 0.250 bits per heavy atom. The maximum atomic E-state index is 15.4. The molecule has 0 spiro atoms. The van der Waals surface area contributed by atoms with Gasteiger partial charge >= 0.3 is 0 Å². The zero-order valence-electron chi connectivity index (χ0n) is 44.6. The number of rotatable bonds is 30. The summed E-state index contributed by atoms with van der Waals surface area (Å²) in [6.07, 6.45) is 25.2. The number of halogens is 20. The highest BCUT2D eigenvalue weighted by molar-refractivity contribution is 7.20. The summed E-state index contributed by atoms with van der Waals surface area (Å²) in [5.74, 6) is -71.4. The van der Waals surface area contributed by atoms with Crippen LogP contribution in [0.15, 0.2) is 24.3 Å². The van der Waals surface area contributed by atoms with E-state index in [-0.39, 0.29) is 0 Å². The van der Waals surface area contributed by atoms with Gasteiger partial charge in [0.15, 0.2) is 69.8 Å². The Bertz CT molecular complexity index is 2420. The molecule has 0 aromatic heterocycles. The van der Waals surface area contributed by atoms with Crippen LogP contribution in [-0.4, -0.2) is 19.2 Å². The average Bonchev–Trinajstić information content (AvgIpc) is 3.45. The molecule has 0 atom stereocenters. The van der Waals surface area contributed by atoms with Crippen molar-refractivity contribution in [1.82, 2.24) is 0 Å². The van der Waals surface area contributed by atoms with Gasteiger partial charge in [0.1, 0.15) is 58.4 Å². The van der Waals surface area contributed by atoms with Gasteiger partial charge in [-0.3, -0.25) is 0 Å². The molecule has 0 aliphatic rings. The van der Waals surface area contributed by atoms with Gasteiger partial charge in [0.2, 0.25) is 0 Å². The third-order valence-electron chi connectivity index (χ3n) is 14.6. The Morgan fingerprint density at radius 3 is 0.675 bits per heavy atom. The Hall–Kier alpha value is -5.28. The third kappa shape index (κ3) is 15.2. The number of hydrogen-bond donors (Lipinski definition) is 1. The molecule has 0 amide bonds.